The highest BCUT2D eigenvalue weighted by molar-refractivity contribution is 7.18. The van der Waals surface area contributed by atoms with Crippen molar-refractivity contribution in [2.45, 2.75) is 38.3 Å². The third-order valence-electron chi connectivity index (χ3n) is 6.32. The number of ether oxygens (including phenoxy) is 1. The molecule has 1 atom stereocenters. The van der Waals surface area contributed by atoms with Gasteiger partial charge < -0.3 is 15.4 Å². The molecule has 0 aliphatic carbocycles. The fourth-order valence-electron chi connectivity index (χ4n) is 4.40. The van der Waals surface area contributed by atoms with Crippen molar-refractivity contribution < 1.29 is 28.7 Å². The van der Waals surface area contributed by atoms with Crippen molar-refractivity contribution >= 4 is 68.5 Å². The summed E-state index contributed by atoms with van der Waals surface area (Å²) in [5.41, 5.74) is 0.287. The van der Waals surface area contributed by atoms with Gasteiger partial charge in [-0.2, -0.15) is 0 Å². The third-order valence-corrected chi connectivity index (χ3v) is 7.96. The van der Waals surface area contributed by atoms with Crippen molar-refractivity contribution in [1.29, 1.82) is 0 Å². The fraction of sp³-hybridized carbons (Fsp3) is 0.280. The Morgan fingerprint density at radius 2 is 1.89 bits per heavy atom. The maximum Gasteiger partial charge on any atom is 0.319 e. The molecule has 38 heavy (non-hydrogen) atoms. The van der Waals surface area contributed by atoms with Crippen molar-refractivity contribution in [2.75, 3.05) is 12.4 Å². The van der Waals surface area contributed by atoms with Gasteiger partial charge in [0.1, 0.15) is 16.8 Å². The van der Waals surface area contributed by atoms with Gasteiger partial charge in [-0.1, -0.05) is 11.6 Å². The van der Waals surface area contributed by atoms with E-state index in [-0.39, 0.29) is 29.7 Å². The molecule has 2 aliphatic heterocycles. The molecule has 5 rings (SSSR count). The highest BCUT2D eigenvalue weighted by Crippen LogP contribution is 2.36. The molecule has 2 aromatic carbocycles. The molecule has 3 heterocycles. The number of nitrogens with zero attached hydrogens (tertiary/aromatic N) is 2. The summed E-state index contributed by atoms with van der Waals surface area (Å²) in [5, 5.41) is 8.81. The van der Waals surface area contributed by atoms with Gasteiger partial charge in [-0.15, -0.1) is 11.3 Å². The first-order valence-corrected chi connectivity index (χ1v) is 12.8. The highest BCUT2D eigenvalue weighted by Gasteiger charge is 2.44. The van der Waals surface area contributed by atoms with Crippen LogP contribution in [0.3, 0.4) is 0 Å². The van der Waals surface area contributed by atoms with E-state index in [1.54, 1.807) is 26.0 Å². The Morgan fingerprint density at radius 3 is 2.61 bits per heavy atom. The Morgan fingerprint density at radius 1 is 1.16 bits per heavy atom. The van der Waals surface area contributed by atoms with Gasteiger partial charge in [0.05, 0.1) is 39.0 Å². The minimum atomic E-state index is -1.07. The zero-order valence-electron chi connectivity index (χ0n) is 20.5. The molecule has 3 aromatic rings. The van der Waals surface area contributed by atoms with E-state index in [9.17, 15) is 24.0 Å². The maximum atomic E-state index is 13.0. The number of carbonyl (C=O) groups excluding carboxylic acids is 5. The molecule has 0 radical (unpaired) electrons. The predicted molar refractivity (Wildman–Crippen MR) is 139 cm³/mol. The van der Waals surface area contributed by atoms with E-state index >= 15 is 0 Å². The maximum absolute atomic E-state index is 13.0. The lowest BCUT2D eigenvalue weighted by Gasteiger charge is -2.27. The van der Waals surface area contributed by atoms with Crippen LogP contribution in [0.15, 0.2) is 30.3 Å². The smallest absolute Gasteiger partial charge is 0.319 e. The summed E-state index contributed by atoms with van der Waals surface area (Å²) < 4.78 is 6.08. The number of urea groups is 1. The van der Waals surface area contributed by atoms with E-state index in [1.165, 1.54) is 36.6 Å². The molecule has 0 bridgehead atoms. The van der Waals surface area contributed by atoms with E-state index in [0.717, 1.165) is 9.60 Å². The second-order valence-electron chi connectivity index (χ2n) is 9.39. The number of hydrogen-bond acceptors (Lipinski definition) is 8. The lowest BCUT2D eigenvalue weighted by Crippen LogP contribution is -2.54. The first kappa shape index (κ1) is 25.6. The standard InChI is InChI=1S/C25H22ClN5O6S/c1-25(2,23-28-15-10-17(37-3)14(26)9-18(15)38-23)30-24(36)27-11-4-5-12-13(8-11)22(35)31(21(12)34)16-6-7-19(32)29-20(16)33/h4-5,8-10,16H,6-7H2,1-3H3,(H2,27,30,36)(H,29,32,33)/t16-/m1/s1. The summed E-state index contributed by atoms with van der Waals surface area (Å²) in [4.78, 5) is 67.9. The molecule has 1 fully saturated rings. The van der Waals surface area contributed by atoms with E-state index in [1.807, 2.05) is 0 Å². The monoisotopic (exact) mass is 555 g/mol. The van der Waals surface area contributed by atoms with Crippen molar-refractivity contribution in [3.63, 3.8) is 0 Å². The van der Waals surface area contributed by atoms with E-state index in [0.29, 0.717) is 21.3 Å². The van der Waals surface area contributed by atoms with Crippen molar-refractivity contribution in [3.8, 4) is 5.75 Å². The van der Waals surface area contributed by atoms with E-state index in [4.69, 9.17) is 16.3 Å². The Labute approximate surface area is 225 Å². The van der Waals surface area contributed by atoms with Gasteiger partial charge in [0.25, 0.3) is 11.8 Å². The van der Waals surface area contributed by atoms with Crippen LogP contribution >= 0.6 is 22.9 Å². The number of methoxy groups -OCH3 is 1. The number of thiazole rings is 1. The van der Waals surface area contributed by atoms with Gasteiger partial charge in [0.2, 0.25) is 11.8 Å². The summed E-state index contributed by atoms with van der Waals surface area (Å²) in [6.45, 7) is 3.59. The molecule has 0 unspecified atom stereocenters. The number of aromatic nitrogens is 1. The average Bonchev–Trinajstić information content (AvgIpc) is 3.37. The number of imide groups is 2. The molecule has 196 valence electrons. The Balaban J connectivity index is 1.31. The van der Waals surface area contributed by atoms with Crippen LogP contribution in [0.5, 0.6) is 5.75 Å². The van der Waals surface area contributed by atoms with Crippen LogP contribution in [0.25, 0.3) is 10.2 Å². The molecule has 1 aromatic heterocycles. The van der Waals surface area contributed by atoms with Gasteiger partial charge >= 0.3 is 6.03 Å². The Bertz CT molecular complexity index is 1550. The largest absolute Gasteiger partial charge is 0.495 e. The van der Waals surface area contributed by atoms with Gasteiger partial charge in [-0.3, -0.25) is 29.4 Å². The van der Waals surface area contributed by atoms with Crippen molar-refractivity contribution in [3.05, 3.63) is 51.5 Å². The van der Waals surface area contributed by atoms with E-state index < -0.39 is 41.2 Å². The number of piperidine rings is 1. The first-order valence-electron chi connectivity index (χ1n) is 11.6. The number of fused-ring (bicyclic) bond motifs is 2. The van der Waals surface area contributed by atoms with Crippen LogP contribution in [-0.4, -0.2) is 52.7 Å². The average molecular weight is 556 g/mol. The molecule has 1 saturated heterocycles. The fourth-order valence-corrected chi connectivity index (χ4v) is 5.75. The number of hydrogen-bond donors (Lipinski definition) is 3. The van der Waals surface area contributed by atoms with Crippen LogP contribution in [0.2, 0.25) is 5.02 Å². The number of amides is 6. The molecule has 0 saturated carbocycles. The Hall–Kier alpha value is -4.03. The summed E-state index contributed by atoms with van der Waals surface area (Å²) in [6, 6.07) is 6.18. The van der Waals surface area contributed by atoms with Gasteiger partial charge in [-0.05, 0) is 44.5 Å². The highest BCUT2D eigenvalue weighted by atomic mass is 35.5. The quantitative estimate of drug-likeness (QED) is 0.409. The number of carbonyl (C=O) groups is 5. The summed E-state index contributed by atoms with van der Waals surface area (Å²) in [5.74, 6) is -1.92. The second kappa shape index (κ2) is 9.37. The summed E-state index contributed by atoms with van der Waals surface area (Å²) >= 11 is 7.60. The molecule has 13 heteroatoms. The Kier molecular flexibility index (Phi) is 6.32. The molecule has 3 N–H and O–H groups in total. The SMILES string of the molecule is COc1cc2nc(C(C)(C)NC(=O)Nc3ccc4c(c3)C(=O)N([C@@H]3CCC(=O)NC3=O)C4=O)sc2cc1Cl. The molecule has 11 nitrogen and oxygen atoms in total. The molecule has 6 amide bonds. The summed E-state index contributed by atoms with van der Waals surface area (Å²) in [7, 11) is 1.52. The van der Waals surface area contributed by atoms with Gasteiger partial charge in [0.15, 0.2) is 0 Å². The number of nitrogens with one attached hydrogen (secondary N) is 3. The third kappa shape index (κ3) is 4.45. The predicted octanol–water partition coefficient (Wildman–Crippen LogP) is 3.42. The lowest BCUT2D eigenvalue weighted by atomic mass is 10.0. The minimum Gasteiger partial charge on any atom is -0.495 e. The molecular formula is C25H22ClN5O6S. The van der Waals surface area contributed by atoms with Crippen LogP contribution in [0, 0.1) is 0 Å². The topological polar surface area (TPSA) is 147 Å². The van der Waals surface area contributed by atoms with Crippen LogP contribution in [0.1, 0.15) is 52.4 Å². The van der Waals surface area contributed by atoms with E-state index in [2.05, 4.69) is 20.9 Å². The number of rotatable bonds is 5. The minimum absolute atomic E-state index is 0.0296. The lowest BCUT2D eigenvalue weighted by molar-refractivity contribution is -0.136. The molecule has 2 aliphatic rings. The summed E-state index contributed by atoms with van der Waals surface area (Å²) in [6.07, 6.45) is 0.0886. The van der Waals surface area contributed by atoms with Gasteiger partial charge in [0, 0.05) is 18.2 Å². The zero-order valence-corrected chi connectivity index (χ0v) is 22.1. The van der Waals surface area contributed by atoms with Crippen molar-refractivity contribution in [1.82, 2.24) is 20.5 Å². The zero-order chi connectivity index (χ0) is 27.4. The van der Waals surface area contributed by atoms with Gasteiger partial charge in [-0.25, -0.2) is 9.78 Å². The normalized spacial score (nSPS) is 17.5. The van der Waals surface area contributed by atoms with Crippen LogP contribution in [-0.2, 0) is 15.1 Å². The first-order chi connectivity index (χ1) is 18.0. The molecule has 0 spiro atoms. The number of anilines is 1. The van der Waals surface area contributed by atoms with Crippen molar-refractivity contribution in [2.24, 2.45) is 0 Å². The second-order valence-corrected chi connectivity index (χ2v) is 10.8. The van der Waals surface area contributed by atoms with Crippen LogP contribution < -0.4 is 20.7 Å². The number of benzene rings is 2. The molecular weight excluding hydrogens is 534 g/mol. The van der Waals surface area contributed by atoms with Crippen LogP contribution in [0.4, 0.5) is 10.5 Å². The number of halogens is 1.